The standard InChI is InChI=1S/C16H11N3/c1-2-6-14-12(5-1)13-11-17-10-8-15(13)19(14)16-7-3-4-9-18-16/h1-11H. The van der Waals surface area contributed by atoms with Crippen LogP contribution >= 0.6 is 0 Å². The lowest BCUT2D eigenvalue weighted by atomic mass is 10.2. The molecule has 0 radical (unpaired) electrons. The summed E-state index contributed by atoms with van der Waals surface area (Å²) in [5.74, 6) is 0.930. The molecule has 3 aromatic heterocycles. The lowest BCUT2D eigenvalue weighted by Gasteiger charge is -2.05. The maximum atomic E-state index is 4.46. The number of rotatable bonds is 1. The molecule has 4 aromatic rings. The Morgan fingerprint density at radius 3 is 2.47 bits per heavy atom. The van der Waals surface area contributed by atoms with Crippen molar-refractivity contribution in [1.82, 2.24) is 14.5 Å². The molecule has 0 saturated heterocycles. The van der Waals surface area contributed by atoms with Gasteiger partial charge in [0.25, 0.3) is 0 Å². The number of fused-ring (bicyclic) bond motifs is 3. The zero-order valence-electron chi connectivity index (χ0n) is 10.2. The summed E-state index contributed by atoms with van der Waals surface area (Å²) in [6.07, 6.45) is 5.55. The molecule has 0 N–H and O–H groups in total. The Kier molecular flexibility index (Phi) is 2.12. The summed E-state index contributed by atoms with van der Waals surface area (Å²) in [4.78, 5) is 8.70. The topological polar surface area (TPSA) is 30.7 Å². The van der Waals surface area contributed by atoms with Gasteiger partial charge in [0.15, 0.2) is 0 Å². The fourth-order valence-electron chi connectivity index (χ4n) is 2.55. The predicted octanol–water partition coefficient (Wildman–Crippen LogP) is 3.57. The fraction of sp³-hybridized carbons (Fsp3) is 0. The first-order valence-corrected chi connectivity index (χ1v) is 6.20. The maximum absolute atomic E-state index is 4.46. The third kappa shape index (κ3) is 1.45. The Bertz CT molecular complexity index is 810. The predicted molar refractivity (Wildman–Crippen MR) is 76.4 cm³/mol. The summed E-state index contributed by atoms with van der Waals surface area (Å²) >= 11 is 0. The van der Waals surface area contributed by atoms with Gasteiger partial charge >= 0.3 is 0 Å². The molecule has 0 spiro atoms. The second-order valence-corrected chi connectivity index (χ2v) is 4.43. The lowest BCUT2D eigenvalue weighted by molar-refractivity contribution is 1.08. The van der Waals surface area contributed by atoms with E-state index in [1.165, 1.54) is 5.39 Å². The van der Waals surface area contributed by atoms with Crippen molar-refractivity contribution < 1.29 is 0 Å². The molecule has 0 aliphatic rings. The molecule has 0 unspecified atom stereocenters. The van der Waals surface area contributed by atoms with Crippen molar-refractivity contribution in [2.45, 2.75) is 0 Å². The average Bonchev–Trinajstić information content (AvgIpc) is 2.83. The van der Waals surface area contributed by atoms with E-state index < -0.39 is 0 Å². The van der Waals surface area contributed by atoms with Gasteiger partial charge < -0.3 is 0 Å². The second kappa shape index (κ2) is 3.92. The minimum Gasteiger partial charge on any atom is -0.294 e. The highest BCUT2D eigenvalue weighted by Crippen LogP contribution is 2.30. The van der Waals surface area contributed by atoms with Crippen LogP contribution in [-0.2, 0) is 0 Å². The van der Waals surface area contributed by atoms with E-state index in [1.54, 1.807) is 0 Å². The molecule has 0 saturated carbocycles. The average molecular weight is 245 g/mol. The summed E-state index contributed by atoms with van der Waals surface area (Å²) < 4.78 is 2.17. The summed E-state index contributed by atoms with van der Waals surface area (Å²) in [6.45, 7) is 0. The molecule has 0 aliphatic heterocycles. The molecule has 0 aliphatic carbocycles. The molecule has 1 aromatic carbocycles. The van der Waals surface area contributed by atoms with Crippen LogP contribution in [0.15, 0.2) is 67.1 Å². The van der Waals surface area contributed by atoms with E-state index in [9.17, 15) is 0 Å². The van der Waals surface area contributed by atoms with E-state index in [-0.39, 0.29) is 0 Å². The summed E-state index contributed by atoms with van der Waals surface area (Å²) in [5, 5.41) is 2.36. The molecule has 19 heavy (non-hydrogen) atoms. The van der Waals surface area contributed by atoms with Gasteiger partial charge in [0.05, 0.1) is 11.0 Å². The molecule has 3 heterocycles. The van der Waals surface area contributed by atoms with Crippen molar-refractivity contribution in [1.29, 1.82) is 0 Å². The van der Waals surface area contributed by atoms with E-state index in [4.69, 9.17) is 0 Å². The van der Waals surface area contributed by atoms with E-state index in [0.717, 1.165) is 22.2 Å². The van der Waals surface area contributed by atoms with Crippen molar-refractivity contribution in [2.24, 2.45) is 0 Å². The quantitative estimate of drug-likeness (QED) is 0.513. The summed E-state index contributed by atoms with van der Waals surface area (Å²) in [7, 11) is 0. The first-order chi connectivity index (χ1) is 9.45. The minimum absolute atomic E-state index is 0.930. The number of hydrogen-bond donors (Lipinski definition) is 0. The van der Waals surface area contributed by atoms with Crippen LogP contribution in [0, 0.1) is 0 Å². The van der Waals surface area contributed by atoms with Crippen LogP contribution in [0.3, 0.4) is 0 Å². The molecular formula is C16H11N3. The monoisotopic (exact) mass is 245 g/mol. The maximum Gasteiger partial charge on any atom is 0.137 e. The Balaban J connectivity index is 2.24. The van der Waals surface area contributed by atoms with Crippen molar-refractivity contribution in [3.63, 3.8) is 0 Å². The third-order valence-electron chi connectivity index (χ3n) is 3.35. The normalized spacial score (nSPS) is 11.2. The van der Waals surface area contributed by atoms with Gasteiger partial charge in [-0.25, -0.2) is 4.98 Å². The zero-order chi connectivity index (χ0) is 12.7. The Hall–Kier alpha value is -2.68. The van der Waals surface area contributed by atoms with E-state index in [2.05, 4.69) is 32.7 Å². The third-order valence-corrected chi connectivity index (χ3v) is 3.35. The number of benzene rings is 1. The number of pyridine rings is 2. The van der Waals surface area contributed by atoms with Crippen LogP contribution in [0.25, 0.3) is 27.6 Å². The van der Waals surface area contributed by atoms with Crippen molar-refractivity contribution in [3.05, 3.63) is 67.1 Å². The molecule has 0 bridgehead atoms. The number of nitrogens with zero attached hydrogens (tertiary/aromatic N) is 3. The molecular weight excluding hydrogens is 234 g/mol. The minimum atomic E-state index is 0.930. The smallest absolute Gasteiger partial charge is 0.137 e. The van der Waals surface area contributed by atoms with Crippen LogP contribution < -0.4 is 0 Å². The molecule has 3 heteroatoms. The van der Waals surface area contributed by atoms with E-state index in [1.807, 2.05) is 48.9 Å². The van der Waals surface area contributed by atoms with Crippen molar-refractivity contribution in [3.8, 4) is 5.82 Å². The van der Waals surface area contributed by atoms with Crippen LogP contribution in [0.2, 0.25) is 0 Å². The lowest BCUT2D eigenvalue weighted by Crippen LogP contribution is -1.95. The van der Waals surface area contributed by atoms with Crippen LogP contribution in [-0.4, -0.2) is 14.5 Å². The van der Waals surface area contributed by atoms with Crippen LogP contribution in [0.4, 0.5) is 0 Å². The Morgan fingerprint density at radius 1 is 0.737 bits per heavy atom. The molecule has 0 atom stereocenters. The van der Waals surface area contributed by atoms with Gasteiger partial charge in [-0.1, -0.05) is 24.3 Å². The number of aromatic nitrogens is 3. The number of para-hydroxylation sites is 1. The Morgan fingerprint density at radius 2 is 1.58 bits per heavy atom. The first kappa shape index (κ1) is 10.3. The second-order valence-electron chi connectivity index (χ2n) is 4.43. The first-order valence-electron chi connectivity index (χ1n) is 6.20. The van der Waals surface area contributed by atoms with E-state index in [0.29, 0.717) is 0 Å². The largest absolute Gasteiger partial charge is 0.294 e. The molecule has 0 amide bonds. The van der Waals surface area contributed by atoms with Gasteiger partial charge in [-0.15, -0.1) is 0 Å². The van der Waals surface area contributed by atoms with E-state index >= 15 is 0 Å². The van der Waals surface area contributed by atoms with Gasteiger partial charge in [-0.2, -0.15) is 0 Å². The van der Waals surface area contributed by atoms with Gasteiger partial charge in [0.2, 0.25) is 0 Å². The van der Waals surface area contributed by atoms with Gasteiger partial charge in [0.1, 0.15) is 5.82 Å². The van der Waals surface area contributed by atoms with Gasteiger partial charge in [0, 0.05) is 29.4 Å². The molecule has 90 valence electrons. The van der Waals surface area contributed by atoms with Crippen molar-refractivity contribution >= 4 is 21.8 Å². The van der Waals surface area contributed by atoms with Gasteiger partial charge in [-0.05, 0) is 24.3 Å². The number of hydrogen-bond acceptors (Lipinski definition) is 2. The summed E-state index contributed by atoms with van der Waals surface area (Å²) in [6, 6.07) is 16.3. The highest BCUT2D eigenvalue weighted by Gasteiger charge is 2.11. The Labute approximate surface area is 110 Å². The molecule has 3 nitrogen and oxygen atoms in total. The highest BCUT2D eigenvalue weighted by atomic mass is 15.1. The summed E-state index contributed by atoms with van der Waals surface area (Å²) in [5.41, 5.74) is 2.29. The fourth-order valence-corrected chi connectivity index (χ4v) is 2.55. The molecule has 4 rings (SSSR count). The zero-order valence-corrected chi connectivity index (χ0v) is 10.2. The van der Waals surface area contributed by atoms with Crippen LogP contribution in [0.1, 0.15) is 0 Å². The SMILES string of the molecule is c1ccc(-n2c3ccccc3c3cnccc32)nc1. The highest BCUT2D eigenvalue weighted by molar-refractivity contribution is 6.08. The molecule has 0 fully saturated rings. The van der Waals surface area contributed by atoms with Crippen molar-refractivity contribution in [2.75, 3.05) is 0 Å². The van der Waals surface area contributed by atoms with Gasteiger partial charge in [-0.3, -0.25) is 9.55 Å². The van der Waals surface area contributed by atoms with Crippen LogP contribution in [0.5, 0.6) is 0 Å².